The quantitative estimate of drug-likeness (QED) is 0.285. The van der Waals surface area contributed by atoms with E-state index >= 15 is 0 Å². The molecule has 2 N–H and O–H groups in total. The number of amidine groups is 1. The molecule has 2 heterocycles. The molecule has 2 aromatic carbocycles. The largest absolute Gasteiger partial charge is 0.489 e. The normalized spacial score (nSPS) is 11.4. The van der Waals surface area contributed by atoms with Gasteiger partial charge in [0.1, 0.15) is 24.8 Å². The number of pyridine rings is 2. The summed E-state index contributed by atoms with van der Waals surface area (Å²) in [5, 5.41) is 4.65. The third kappa shape index (κ3) is 4.70. The average molecular weight is 402 g/mol. The summed E-state index contributed by atoms with van der Waals surface area (Å²) in [7, 11) is 0. The Kier molecular flexibility index (Phi) is 5.80. The van der Waals surface area contributed by atoms with Gasteiger partial charge in [-0.1, -0.05) is 17.3 Å². The van der Waals surface area contributed by atoms with Gasteiger partial charge in [0.25, 0.3) is 0 Å². The molecule has 2 aromatic heterocycles. The molecular weight excluding hydrogens is 383 g/mol. The summed E-state index contributed by atoms with van der Waals surface area (Å²) >= 11 is 0. The van der Waals surface area contributed by atoms with E-state index in [1.165, 1.54) is 12.1 Å². The lowest BCUT2D eigenvalue weighted by Gasteiger charge is -2.08. The van der Waals surface area contributed by atoms with E-state index in [0.717, 1.165) is 5.56 Å². The fraction of sp³-hybridized carbons (Fsp3) is 0.0870. The van der Waals surface area contributed by atoms with E-state index in [1.807, 2.05) is 12.1 Å². The molecule has 0 atom stereocenters. The summed E-state index contributed by atoms with van der Waals surface area (Å²) in [6, 6.07) is 17.4. The van der Waals surface area contributed by atoms with E-state index in [-0.39, 0.29) is 18.3 Å². The van der Waals surface area contributed by atoms with Crippen LogP contribution >= 0.6 is 0 Å². The van der Waals surface area contributed by atoms with Gasteiger partial charge in [-0.05, 0) is 48.5 Å². The molecule has 6 nitrogen and oxygen atoms in total. The van der Waals surface area contributed by atoms with Crippen molar-refractivity contribution in [3.8, 4) is 5.75 Å². The fourth-order valence-corrected chi connectivity index (χ4v) is 2.93. The summed E-state index contributed by atoms with van der Waals surface area (Å²) in [6.45, 7) is 0.480. The van der Waals surface area contributed by atoms with Crippen LogP contribution in [0.25, 0.3) is 10.9 Å². The van der Waals surface area contributed by atoms with Crippen LogP contribution in [-0.4, -0.2) is 15.8 Å². The molecule has 0 saturated carbocycles. The molecular formula is C23H19FN4O2. The van der Waals surface area contributed by atoms with Crippen LogP contribution < -0.4 is 10.5 Å². The molecule has 0 unspecified atom stereocenters. The second kappa shape index (κ2) is 9.00. The van der Waals surface area contributed by atoms with E-state index in [1.54, 1.807) is 55.0 Å². The van der Waals surface area contributed by atoms with Crippen molar-refractivity contribution in [1.82, 2.24) is 9.97 Å². The number of hydrogen-bond acceptors (Lipinski definition) is 5. The predicted octanol–water partition coefficient (Wildman–Crippen LogP) is 4.19. The molecule has 150 valence electrons. The van der Waals surface area contributed by atoms with Crippen molar-refractivity contribution < 1.29 is 14.0 Å². The number of ether oxygens (including phenoxy) is 1. The minimum absolute atomic E-state index is 0.0538. The number of benzene rings is 2. The molecule has 0 bridgehead atoms. The molecule has 0 radical (unpaired) electrons. The van der Waals surface area contributed by atoms with Crippen molar-refractivity contribution >= 4 is 16.7 Å². The van der Waals surface area contributed by atoms with E-state index in [2.05, 4.69) is 15.1 Å². The van der Waals surface area contributed by atoms with E-state index in [4.69, 9.17) is 15.3 Å². The van der Waals surface area contributed by atoms with Gasteiger partial charge in [-0.15, -0.1) is 0 Å². The van der Waals surface area contributed by atoms with Crippen LogP contribution in [0.3, 0.4) is 0 Å². The fourth-order valence-electron chi connectivity index (χ4n) is 2.93. The van der Waals surface area contributed by atoms with Crippen LogP contribution in [0.15, 0.2) is 84.4 Å². The van der Waals surface area contributed by atoms with Gasteiger partial charge in [0.05, 0.1) is 5.52 Å². The molecule has 0 amide bonds. The van der Waals surface area contributed by atoms with Crippen LogP contribution in [0.1, 0.15) is 16.7 Å². The number of nitrogens with two attached hydrogens (primary N) is 1. The van der Waals surface area contributed by atoms with E-state index < -0.39 is 0 Å². The smallest absolute Gasteiger partial charge is 0.170 e. The zero-order chi connectivity index (χ0) is 20.8. The molecule has 0 aliphatic rings. The molecule has 0 saturated heterocycles. The van der Waals surface area contributed by atoms with Gasteiger partial charge < -0.3 is 15.3 Å². The summed E-state index contributed by atoms with van der Waals surface area (Å²) < 4.78 is 19.5. The highest BCUT2D eigenvalue weighted by Gasteiger charge is 2.07. The van der Waals surface area contributed by atoms with Crippen LogP contribution in [-0.2, 0) is 18.1 Å². The van der Waals surface area contributed by atoms with Gasteiger partial charge in [0, 0.05) is 40.7 Å². The zero-order valence-electron chi connectivity index (χ0n) is 16.0. The van der Waals surface area contributed by atoms with Crippen LogP contribution in [0.2, 0.25) is 0 Å². The molecule has 4 aromatic rings. The highest BCUT2D eigenvalue weighted by molar-refractivity contribution is 5.97. The third-order valence-electron chi connectivity index (χ3n) is 4.41. The van der Waals surface area contributed by atoms with Crippen molar-refractivity contribution in [3.63, 3.8) is 0 Å². The van der Waals surface area contributed by atoms with Crippen molar-refractivity contribution in [2.24, 2.45) is 10.9 Å². The molecule has 7 heteroatoms. The first-order valence-corrected chi connectivity index (χ1v) is 9.30. The molecule has 0 aliphatic heterocycles. The molecule has 0 spiro atoms. The lowest BCUT2D eigenvalue weighted by Crippen LogP contribution is -2.13. The Bertz CT molecular complexity index is 1160. The van der Waals surface area contributed by atoms with E-state index in [0.29, 0.717) is 34.4 Å². The topological polar surface area (TPSA) is 82.6 Å². The summed E-state index contributed by atoms with van der Waals surface area (Å²) in [4.78, 5) is 13.7. The highest BCUT2D eigenvalue weighted by atomic mass is 19.1. The maximum absolute atomic E-state index is 13.8. The summed E-state index contributed by atoms with van der Waals surface area (Å²) in [5.74, 6) is 0.559. The Hall–Kier alpha value is -4.00. The Balaban J connectivity index is 1.38. The minimum atomic E-state index is -0.354. The number of rotatable bonds is 7. The van der Waals surface area contributed by atoms with Gasteiger partial charge in [-0.3, -0.25) is 9.97 Å². The van der Waals surface area contributed by atoms with Gasteiger partial charge in [0.2, 0.25) is 0 Å². The van der Waals surface area contributed by atoms with Crippen LogP contribution in [0.5, 0.6) is 5.75 Å². The monoisotopic (exact) mass is 402 g/mol. The Morgan fingerprint density at radius 1 is 1.00 bits per heavy atom. The number of halogens is 1. The second-order valence-electron chi connectivity index (χ2n) is 6.56. The lowest BCUT2D eigenvalue weighted by atomic mass is 10.1. The summed E-state index contributed by atoms with van der Waals surface area (Å²) in [6.07, 6.45) is 5.13. The number of hydrogen-bond donors (Lipinski definition) is 1. The SMILES string of the molecule is N/C(=N\OCc1cc(F)cc2cccnc12)c1ccc(OCc2cccnc2)cc1. The molecule has 4 rings (SSSR count). The van der Waals surface area contributed by atoms with Crippen LogP contribution in [0, 0.1) is 5.82 Å². The van der Waals surface area contributed by atoms with Gasteiger partial charge in [-0.25, -0.2) is 4.39 Å². The third-order valence-corrected chi connectivity index (χ3v) is 4.41. The lowest BCUT2D eigenvalue weighted by molar-refractivity contribution is 0.131. The number of aromatic nitrogens is 2. The molecule has 30 heavy (non-hydrogen) atoms. The average Bonchev–Trinajstić information content (AvgIpc) is 2.78. The maximum atomic E-state index is 13.8. The number of nitrogens with zero attached hydrogens (tertiary/aromatic N) is 3. The first kappa shape index (κ1) is 19.3. The Morgan fingerprint density at radius 2 is 1.83 bits per heavy atom. The molecule has 0 aliphatic carbocycles. The van der Waals surface area contributed by atoms with Crippen molar-refractivity contribution in [2.45, 2.75) is 13.2 Å². The molecule has 0 fully saturated rings. The van der Waals surface area contributed by atoms with E-state index in [9.17, 15) is 4.39 Å². The van der Waals surface area contributed by atoms with Gasteiger partial charge >= 0.3 is 0 Å². The minimum Gasteiger partial charge on any atom is -0.489 e. The van der Waals surface area contributed by atoms with Crippen LogP contribution in [0.4, 0.5) is 4.39 Å². The van der Waals surface area contributed by atoms with Gasteiger partial charge in [-0.2, -0.15) is 0 Å². The first-order valence-electron chi connectivity index (χ1n) is 9.30. The Labute approximate surface area is 172 Å². The number of oxime groups is 1. The first-order chi connectivity index (χ1) is 14.7. The predicted molar refractivity (Wildman–Crippen MR) is 112 cm³/mol. The summed E-state index contributed by atoms with van der Waals surface area (Å²) in [5.41, 5.74) is 8.94. The van der Waals surface area contributed by atoms with Crippen molar-refractivity contribution in [1.29, 1.82) is 0 Å². The van der Waals surface area contributed by atoms with Gasteiger partial charge in [0.15, 0.2) is 5.84 Å². The number of fused-ring (bicyclic) bond motifs is 1. The highest BCUT2D eigenvalue weighted by Crippen LogP contribution is 2.19. The van der Waals surface area contributed by atoms with Crippen molar-refractivity contribution in [2.75, 3.05) is 0 Å². The standard InChI is InChI=1S/C23H19FN4O2/c24-20-11-18-4-2-10-27-22(18)19(12-20)15-30-28-23(25)17-5-7-21(8-6-17)29-14-16-3-1-9-26-13-16/h1-13H,14-15H2,(H2,25,28). The maximum Gasteiger partial charge on any atom is 0.170 e. The van der Waals surface area contributed by atoms with Crippen molar-refractivity contribution in [3.05, 3.63) is 102 Å². The Morgan fingerprint density at radius 3 is 2.63 bits per heavy atom. The zero-order valence-corrected chi connectivity index (χ0v) is 16.0. The second-order valence-corrected chi connectivity index (χ2v) is 6.56.